The topological polar surface area (TPSA) is 49.3 Å². The van der Waals surface area contributed by atoms with Crippen molar-refractivity contribution in [2.75, 3.05) is 6.54 Å². The molecule has 0 aliphatic heterocycles. The van der Waals surface area contributed by atoms with Gasteiger partial charge in [-0.3, -0.25) is 4.79 Å². The van der Waals surface area contributed by atoms with E-state index >= 15 is 0 Å². The third-order valence-electron chi connectivity index (χ3n) is 2.29. The first kappa shape index (κ1) is 11.6. The maximum atomic E-state index is 11.6. The normalized spacial score (nSPS) is 10.0. The molecule has 3 heteroatoms. The van der Waals surface area contributed by atoms with Gasteiger partial charge >= 0.3 is 0 Å². The molecule has 0 heterocycles. The van der Waals surface area contributed by atoms with Crippen LogP contribution in [0.2, 0.25) is 0 Å². The standard InChI is InChI=1S/C12H17NO2/c1-3-4-7-13-12(15)10-6-5-9(2)11(14)8-10/h5-6,8,14H,3-4,7H2,1-2H3,(H,13,15). The number of phenols is 1. The van der Waals surface area contributed by atoms with Crippen molar-refractivity contribution in [1.29, 1.82) is 0 Å². The van der Waals surface area contributed by atoms with Gasteiger partial charge in [-0.2, -0.15) is 0 Å². The van der Waals surface area contributed by atoms with E-state index in [2.05, 4.69) is 12.2 Å². The van der Waals surface area contributed by atoms with Crippen LogP contribution in [0, 0.1) is 6.92 Å². The van der Waals surface area contributed by atoms with Gasteiger partial charge in [0.1, 0.15) is 5.75 Å². The van der Waals surface area contributed by atoms with Crippen molar-refractivity contribution < 1.29 is 9.90 Å². The SMILES string of the molecule is CCCCNC(=O)c1ccc(C)c(O)c1. The number of benzene rings is 1. The van der Waals surface area contributed by atoms with E-state index in [0.717, 1.165) is 18.4 Å². The third kappa shape index (κ3) is 3.27. The number of phenolic OH excluding ortho intramolecular Hbond substituents is 1. The van der Waals surface area contributed by atoms with Crippen LogP contribution in [0.4, 0.5) is 0 Å². The summed E-state index contributed by atoms with van der Waals surface area (Å²) in [7, 11) is 0. The summed E-state index contributed by atoms with van der Waals surface area (Å²) in [4.78, 5) is 11.6. The highest BCUT2D eigenvalue weighted by Gasteiger charge is 2.06. The molecule has 1 aromatic carbocycles. The molecule has 0 aliphatic rings. The van der Waals surface area contributed by atoms with E-state index in [1.807, 2.05) is 0 Å². The number of nitrogens with one attached hydrogen (secondary N) is 1. The Bertz CT molecular complexity index is 347. The van der Waals surface area contributed by atoms with Gasteiger partial charge in [0.25, 0.3) is 5.91 Å². The lowest BCUT2D eigenvalue weighted by Gasteiger charge is -2.05. The summed E-state index contributed by atoms with van der Waals surface area (Å²) in [6, 6.07) is 4.96. The molecule has 1 rings (SSSR count). The van der Waals surface area contributed by atoms with Crippen molar-refractivity contribution in [3.05, 3.63) is 29.3 Å². The molecule has 0 aromatic heterocycles. The quantitative estimate of drug-likeness (QED) is 0.744. The van der Waals surface area contributed by atoms with Gasteiger partial charge in [-0.05, 0) is 31.0 Å². The van der Waals surface area contributed by atoms with E-state index in [1.54, 1.807) is 19.1 Å². The van der Waals surface area contributed by atoms with Gasteiger partial charge in [-0.1, -0.05) is 19.4 Å². The second-order valence-electron chi connectivity index (χ2n) is 3.61. The fraction of sp³-hybridized carbons (Fsp3) is 0.417. The lowest BCUT2D eigenvalue weighted by atomic mass is 10.1. The highest BCUT2D eigenvalue weighted by atomic mass is 16.3. The minimum Gasteiger partial charge on any atom is -0.508 e. The maximum Gasteiger partial charge on any atom is 0.251 e. The summed E-state index contributed by atoms with van der Waals surface area (Å²) in [5.74, 6) is 0.0388. The van der Waals surface area contributed by atoms with E-state index in [1.165, 1.54) is 6.07 Å². The van der Waals surface area contributed by atoms with Gasteiger partial charge in [0.15, 0.2) is 0 Å². The molecule has 1 amide bonds. The molecule has 3 nitrogen and oxygen atoms in total. The van der Waals surface area contributed by atoms with Gasteiger partial charge in [0.05, 0.1) is 0 Å². The number of aromatic hydroxyl groups is 1. The molecule has 82 valence electrons. The molecule has 0 atom stereocenters. The van der Waals surface area contributed by atoms with Crippen LogP contribution in [-0.4, -0.2) is 17.6 Å². The Hall–Kier alpha value is -1.51. The predicted molar refractivity (Wildman–Crippen MR) is 60.1 cm³/mol. The average Bonchev–Trinajstić information content (AvgIpc) is 2.22. The second-order valence-corrected chi connectivity index (χ2v) is 3.61. The Labute approximate surface area is 90.1 Å². The minimum atomic E-state index is -0.126. The van der Waals surface area contributed by atoms with E-state index in [4.69, 9.17) is 0 Å². The summed E-state index contributed by atoms with van der Waals surface area (Å²) in [6.45, 7) is 4.56. The van der Waals surface area contributed by atoms with Crippen molar-refractivity contribution in [3.8, 4) is 5.75 Å². The van der Waals surface area contributed by atoms with Crippen LogP contribution in [-0.2, 0) is 0 Å². The van der Waals surface area contributed by atoms with E-state index in [0.29, 0.717) is 12.1 Å². The number of carbonyl (C=O) groups is 1. The zero-order chi connectivity index (χ0) is 11.3. The smallest absolute Gasteiger partial charge is 0.251 e. The molecule has 0 radical (unpaired) electrons. The number of hydrogen-bond acceptors (Lipinski definition) is 2. The highest BCUT2D eigenvalue weighted by Crippen LogP contribution is 2.17. The van der Waals surface area contributed by atoms with Crippen LogP contribution >= 0.6 is 0 Å². The fourth-order valence-corrected chi connectivity index (χ4v) is 1.23. The zero-order valence-corrected chi connectivity index (χ0v) is 9.21. The summed E-state index contributed by atoms with van der Waals surface area (Å²) in [5.41, 5.74) is 1.29. The number of amides is 1. The molecule has 0 bridgehead atoms. The lowest BCUT2D eigenvalue weighted by Crippen LogP contribution is -2.24. The van der Waals surface area contributed by atoms with E-state index in [9.17, 15) is 9.90 Å². The average molecular weight is 207 g/mol. The first-order valence-corrected chi connectivity index (χ1v) is 5.23. The van der Waals surface area contributed by atoms with Crippen molar-refractivity contribution in [3.63, 3.8) is 0 Å². The first-order valence-electron chi connectivity index (χ1n) is 5.23. The molecule has 0 saturated heterocycles. The summed E-state index contributed by atoms with van der Waals surface area (Å²) in [5, 5.41) is 12.2. The van der Waals surface area contributed by atoms with Crippen LogP contribution in [0.5, 0.6) is 5.75 Å². The Balaban J connectivity index is 2.62. The summed E-state index contributed by atoms with van der Waals surface area (Å²) >= 11 is 0. The van der Waals surface area contributed by atoms with Crippen LogP contribution < -0.4 is 5.32 Å². The number of aryl methyl sites for hydroxylation is 1. The molecule has 15 heavy (non-hydrogen) atoms. The first-order chi connectivity index (χ1) is 7.15. The predicted octanol–water partition coefficient (Wildman–Crippen LogP) is 2.23. The Morgan fingerprint density at radius 3 is 2.80 bits per heavy atom. The van der Waals surface area contributed by atoms with Crippen LogP contribution in [0.1, 0.15) is 35.7 Å². The molecule has 2 N–H and O–H groups in total. The monoisotopic (exact) mass is 207 g/mol. The fourth-order valence-electron chi connectivity index (χ4n) is 1.23. The summed E-state index contributed by atoms with van der Waals surface area (Å²) in [6.07, 6.45) is 2.03. The number of rotatable bonds is 4. The van der Waals surface area contributed by atoms with Crippen LogP contribution in [0.15, 0.2) is 18.2 Å². The van der Waals surface area contributed by atoms with Gasteiger partial charge in [0.2, 0.25) is 0 Å². The number of hydrogen-bond donors (Lipinski definition) is 2. The molecule has 0 unspecified atom stereocenters. The molecular weight excluding hydrogens is 190 g/mol. The van der Waals surface area contributed by atoms with E-state index in [-0.39, 0.29) is 11.7 Å². The molecule has 0 fully saturated rings. The van der Waals surface area contributed by atoms with Gasteiger partial charge < -0.3 is 10.4 Å². The molecule has 0 aliphatic carbocycles. The highest BCUT2D eigenvalue weighted by molar-refractivity contribution is 5.94. The maximum absolute atomic E-state index is 11.6. The van der Waals surface area contributed by atoms with Crippen molar-refractivity contribution in [2.45, 2.75) is 26.7 Å². The zero-order valence-electron chi connectivity index (χ0n) is 9.21. The molecule has 1 aromatic rings. The van der Waals surface area contributed by atoms with Crippen molar-refractivity contribution >= 4 is 5.91 Å². The number of carbonyl (C=O) groups excluding carboxylic acids is 1. The Morgan fingerprint density at radius 2 is 2.20 bits per heavy atom. The summed E-state index contributed by atoms with van der Waals surface area (Å²) < 4.78 is 0. The molecule has 0 saturated carbocycles. The van der Waals surface area contributed by atoms with Crippen LogP contribution in [0.3, 0.4) is 0 Å². The molecular formula is C12H17NO2. The van der Waals surface area contributed by atoms with Crippen molar-refractivity contribution in [2.24, 2.45) is 0 Å². The minimum absolute atomic E-state index is 0.126. The largest absolute Gasteiger partial charge is 0.508 e. The van der Waals surface area contributed by atoms with Crippen LogP contribution in [0.25, 0.3) is 0 Å². The van der Waals surface area contributed by atoms with Crippen molar-refractivity contribution in [1.82, 2.24) is 5.32 Å². The third-order valence-corrected chi connectivity index (χ3v) is 2.29. The Morgan fingerprint density at radius 1 is 1.47 bits per heavy atom. The van der Waals surface area contributed by atoms with Gasteiger partial charge in [0, 0.05) is 12.1 Å². The van der Waals surface area contributed by atoms with E-state index < -0.39 is 0 Å². The number of unbranched alkanes of at least 4 members (excludes halogenated alkanes) is 1. The van der Waals surface area contributed by atoms with Gasteiger partial charge in [-0.15, -0.1) is 0 Å². The van der Waals surface area contributed by atoms with Gasteiger partial charge in [-0.25, -0.2) is 0 Å². The lowest BCUT2D eigenvalue weighted by molar-refractivity contribution is 0.0953. The second kappa shape index (κ2) is 5.39. The molecule has 0 spiro atoms. The Kier molecular flexibility index (Phi) is 4.16.